The highest BCUT2D eigenvalue weighted by molar-refractivity contribution is 5.92. The zero-order valence-electron chi connectivity index (χ0n) is 20.5. The summed E-state index contributed by atoms with van der Waals surface area (Å²) in [7, 11) is 0. The van der Waals surface area contributed by atoms with Gasteiger partial charge in [-0.1, -0.05) is 39.2 Å². The Hall–Kier alpha value is -1.08. The molecule has 6 heteroatoms. The molecule has 8 atom stereocenters. The van der Waals surface area contributed by atoms with E-state index in [1.807, 2.05) is 6.08 Å². The molecule has 1 aliphatic heterocycles. The maximum absolute atomic E-state index is 13.4. The number of unbranched alkanes of at least 4 members (excludes halogenated alkanes) is 1. The van der Waals surface area contributed by atoms with Crippen LogP contribution in [0.5, 0.6) is 0 Å². The zero-order chi connectivity index (χ0) is 23.6. The average molecular weight is 460 g/mol. The predicted octanol–water partition coefficient (Wildman–Crippen LogP) is 3.83. The van der Waals surface area contributed by atoms with E-state index < -0.39 is 23.2 Å². The van der Waals surface area contributed by atoms with Gasteiger partial charge in [-0.2, -0.15) is 0 Å². The maximum Gasteiger partial charge on any atom is 0.190 e. The van der Waals surface area contributed by atoms with Crippen LogP contribution < -0.4 is 5.73 Å². The van der Waals surface area contributed by atoms with Crippen molar-refractivity contribution in [3.05, 3.63) is 11.6 Å². The molecule has 0 bridgehead atoms. The number of aliphatic hydroxyl groups is 1. The summed E-state index contributed by atoms with van der Waals surface area (Å²) in [6, 6.07) is 0. The van der Waals surface area contributed by atoms with Crippen molar-refractivity contribution in [1.82, 2.24) is 0 Å². The first-order valence-corrected chi connectivity index (χ1v) is 13.1. The van der Waals surface area contributed by atoms with Gasteiger partial charge in [0.1, 0.15) is 18.3 Å². The number of ketones is 2. The number of allylic oxidation sites excluding steroid dienone is 1. The molecule has 184 valence electrons. The van der Waals surface area contributed by atoms with Crippen molar-refractivity contribution in [1.29, 1.82) is 0 Å². The fourth-order valence-corrected chi connectivity index (χ4v) is 8.65. The molecule has 0 aromatic carbocycles. The van der Waals surface area contributed by atoms with E-state index in [0.29, 0.717) is 18.8 Å². The number of hydrogen-bond donors (Lipinski definition) is 2. The summed E-state index contributed by atoms with van der Waals surface area (Å²) in [6.45, 7) is 6.14. The molecule has 5 rings (SSSR count). The van der Waals surface area contributed by atoms with Crippen molar-refractivity contribution in [2.45, 2.75) is 115 Å². The van der Waals surface area contributed by atoms with Crippen LogP contribution in [0.3, 0.4) is 0 Å². The Morgan fingerprint density at radius 1 is 1.18 bits per heavy atom. The van der Waals surface area contributed by atoms with Gasteiger partial charge in [-0.3, -0.25) is 9.59 Å². The Bertz CT molecular complexity index is 871. The van der Waals surface area contributed by atoms with Crippen LogP contribution in [0.2, 0.25) is 0 Å². The molecule has 33 heavy (non-hydrogen) atoms. The molecule has 0 aromatic rings. The van der Waals surface area contributed by atoms with E-state index in [1.54, 1.807) is 0 Å². The van der Waals surface area contributed by atoms with Crippen LogP contribution in [0.25, 0.3) is 0 Å². The summed E-state index contributed by atoms with van der Waals surface area (Å²) in [6.07, 6.45) is 11.1. The van der Waals surface area contributed by atoms with E-state index in [-0.39, 0.29) is 35.3 Å². The summed E-state index contributed by atoms with van der Waals surface area (Å²) in [5.74, 6) is 0.468. The smallest absolute Gasteiger partial charge is 0.190 e. The lowest BCUT2D eigenvalue weighted by atomic mass is 9.43. The normalized spacial score (nSPS) is 48.5. The van der Waals surface area contributed by atoms with Crippen molar-refractivity contribution in [3.8, 4) is 0 Å². The molecule has 4 aliphatic carbocycles. The van der Waals surface area contributed by atoms with Gasteiger partial charge in [0.15, 0.2) is 17.9 Å². The third-order valence-corrected chi connectivity index (χ3v) is 10.6. The standard InChI is InChI=1S/C27H41NO5/c1-4-5-6-19-23(32-19)33-27(22(31)16-29)14-10-21-25(27,3)12-9-20-24(2)11-8-18(30)15-17(24)7-13-26(20,21)28/h15,19-21,23,29H,4-14,16,28H2,1-3H3/t19?,20-,21-,23?,24+,25+,26+,27+/m1/s1. The molecule has 2 unspecified atom stereocenters. The average Bonchev–Trinajstić information content (AvgIpc) is 3.45. The molecular weight excluding hydrogens is 418 g/mol. The van der Waals surface area contributed by atoms with E-state index in [0.717, 1.165) is 57.8 Å². The van der Waals surface area contributed by atoms with Crippen LogP contribution in [0, 0.1) is 22.7 Å². The summed E-state index contributed by atoms with van der Waals surface area (Å²) in [5, 5.41) is 9.98. The molecule has 0 amide bonds. The van der Waals surface area contributed by atoms with E-state index >= 15 is 0 Å². The number of carbonyl (C=O) groups excluding carboxylic acids is 2. The minimum atomic E-state index is -1.03. The fraction of sp³-hybridized carbons (Fsp3) is 0.852. The highest BCUT2D eigenvalue weighted by Crippen LogP contribution is 2.69. The van der Waals surface area contributed by atoms with E-state index in [9.17, 15) is 14.7 Å². The van der Waals surface area contributed by atoms with Crippen molar-refractivity contribution in [2.75, 3.05) is 6.61 Å². The Labute approximate surface area is 197 Å². The van der Waals surface area contributed by atoms with Crippen LogP contribution in [0.4, 0.5) is 0 Å². The fourth-order valence-electron chi connectivity index (χ4n) is 8.65. The van der Waals surface area contributed by atoms with Gasteiger partial charge >= 0.3 is 0 Å². The summed E-state index contributed by atoms with van der Waals surface area (Å²) in [5.41, 5.74) is 6.77. The molecule has 3 saturated carbocycles. The van der Waals surface area contributed by atoms with Gasteiger partial charge in [-0.15, -0.1) is 0 Å². The monoisotopic (exact) mass is 459 g/mol. The van der Waals surface area contributed by atoms with Crippen molar-refractivity contribution in [2.24, 2.45) is 28.4 Å². The van der Waals surface area contributed by atoms with Crippen LogP contribution in [0.1, 0.15) is 91.4 Å². The summed E-state index contributed by atoms with van der Waals surface area (Å²) < 4.78 is 12.4. The van der Waals surface area contributed by atoms with Gasteiger partial charge in [0.05, 0.1) is 0 Å². The zero-order valence-corrected chi connectivity index (χ0v) is 20.5. The molecule has 0 radical (unpaired) electrons. The molecule has 3 N–H and O–H groups in total. The first kappa shape index (κ1) is 23.7. The second kappa shape index (κ2) is 7.97. The number of carbonyl (C=O) groups is 2. The third kappa shape index (κ3) is 3.27. The predicted molar refractivity (Wildman–Crippen MR) is 124 cm³/mol. The molecule has 4 fully saturated rings. The SMILES string of the molecule is CCCCC1OC1O[C@]1(C(=O)CO)CC[C@H]2[C@]3(N)CCC4=CC(=O)CC[C@]4(C)[C@H]3CC[C@@]21C. The Morgan fingerprint density at radius 3 is 2.67 bits per heavy atom. The number of aliphatic hydroxyl groups excluding tert-OH is 1. The Kier molecular flexibility index (Phi) is 5.71. The highest BCUT2D eigenvalue weighted by atomic mass is 16.8. The first-order valence-electron chi connectivity index (χ1n) is 13.1. The number of Topliss-reactive ketones (excluding diaryl/α,β-unsaturated/α-hetero) is 1. The van der Waals surface area contributed by atoms with Gasteiger partial charge in [0, 0.05) is 17.4 Å². The van der Waals surface area contributed by atoms with Crippen LogP contribution in [0.15, 0.2) is 11.6 Å². The lowest BCUT2D eigenvalue weighted by Crippen LogP contribution is -2.69. The quantitative estimate of drug-likeness (QED) is 0.561. The number of ether oxygens (including phenoxy) is 2. The maximum atomic E-state index is 13.4. The molecular formula is C27H41NO5. The van der Waals surface area contributed by atoms with Gasteiger partial charge in [-0.05, 0) is 74.7 Å². The molecule has 1 heterocycles. The number of fused-ring (bicyclic) bond motifs is 5. The molecule has 0 spiro atoms. The number of rotatable bonds is 7. The van der Waals surface area contributed by atoms with Gasteiger partial charge in [-0.25, -0.2) is 0 Å². The van der Waals surface area contributed by atoms with Crippen molar-refractivity contribution in [3.63, 3.8) is 0 Å². The number of epoxide rings is 1. The van der Waals surface area contributed by atoms with Crippen molar-refractivity contribution < 1.29 is 24.2 Å². The minimum absolute atomic E-state index is 0.0415. The summed E-state index contributed by atoms with van der Waals surface area (Å²) >= 11 is 0. The van der Waals surface area contributed by atoms with E-state index in [2.05, 4.69) is 20.8 Å². The summed E-state index contributed by atoms with van der Waals surface area (Å²) in [4.78, 5) is 25.5. The molecule has 6 nitrogen and oxygen atoms in total. The van der Waals surface area contributed by atoms with Gasteiger partial charge in [0.25, 0.3) is 0 Å². The van der Waals surface area contributed by atoms with E-state index in [4.69, 9.17) is 15.2 Å². The second-order valence-electron chi connectivity index (χ2n) is 12.0. The van der Waals surface area contributed by atoms with E-state index in [1.165, 1.54) is 5.57 Å². The minimum Gasteiger partial charge on any atom is -0.388 e. The lowest BCUT2D eigenvalue weighted by Gasteiger charge is -2.64. The Balaban J connectivity index is 1.46. The first-order chi connectivity index (χ1) is 15.6. The van der Waals surface area contributed by atoms with Crippen LogP contribution in [-0.2, 0) is 19.1 Å². The van der Waals surface area contributed by atoms with Crippen LogP contribution in [-0.4, -0.2) is 46.8 Å². The molecule has 0 aromatic heterocycles. The highest BCUT2D eigenvalue weighted by Gasteiger charge is 2.72. The Morgan fingerprint density at radius 2 is 1.94 bits per heavy atom. The second-order valence-corrected chi connectivity index (χ2v) is 12.0. The number of hydrogen-bond acceptors (Lipinski definition) is 6. The lowest BCUT2D eigenvalue weighted by molar-refractivity contribution is -0.194. The molecule has 1 saturated heterocycles. The van der Waals surface area contributed by atoms with Gasteiger partial charge < -0.3 is 20.3 Å². The topological polar surface area (TPSA) is 102 Å². The third-order valence-electron chi connectivity index (χ3n) is 10.6. The number of nitrogens with two attached hydrogens (primary N) is 1. The van der Waals surface area contributed by atoms with Gasteiger partial charge in [0.2, 0.25) is 0 Å². The van der Waals surface area contributed by atoms with Crippen molar-refractivity contribution >= 4 is 11.6 Å². The largest absolute Gasteiger partial charge is 0.388 e. The van der Waals surface area contributed by atoms with Crippen LogP contribution >= 0.6 is 0 Å². The molecule has 5 aliphatic rings.